The van der Waals surface area contributed by atoms with Crippen molar-refractivity contribution in [2.24, 2.45) is 0 Å². The van der Waals surface area contributed by atoms with Crippen molar-refractivity contribution in [2.75, 3.05) is 57.5 Å². The maximum Gasteiger partial charge on any atom is 0.255 e. The SMILES string of the molecule is O=C(c1cncc(N2CCOCC2)c1)N1CCC2(CC1)OCCO2. The zero-order valence-electron chi connectivity index (χ0n) is 13.8. The van der Waals surface area contributed by atoms with Crippen LogP contribution in [0.15, 0.2) is 18.5 Å². The van der Waals surface area contributed by atoms with Crippen LogP contribution in [0.25, 0.3) is 0 Å². The second-order valence-corrected chi connectivity index (χ2v) is 6.43. The monoisotopic (exact) mass is 333 g/mol. The zero-order chi connectivity index (χ0) is 16.4. The lowest BCUT2D eigenvalue weighted by Crippen LogP contribution is -2.47. The summed E-state index contributed by atoms with van der Waals surface area (Å²) in [4.78, 5) is 21.1. The summed E-state index contributed by atoms with van der Waals surface area (Å²) in [6.45, 7) is 5.71. The molecule has 0 radical (unpaired) electrons. The molecule has 0 bridgehead atoms. The van der Waals surface area contributed by atoms with Crippen LogP contribution in [0.1, 0.15) is 23.2 Å². The molecule has 3 aliphatic heterocycles. The van der Waals surface area contributed by atoms with Crippen LogP contribution < -0.4 is 4.90 Å². The number of piperidine rings is 1. The third-order valence-corrected chi connectivity index (χ3v) is 4.97. The fourth-order valence-electron chi connectivity index (χ4n) is 3.56. The van der Waals surface area contributed by atoms with E-state index in [1.807, 2.05) is 17.2 Å². The quantitative estimate of drug-likeness (QED) is 0.801. The third kappa shape index (κ3) is 3.11. The molecule has 0 saturated carbocycles. The van der Waals surface area contributed by atoms with Gasteiger partial charge in [0.15, 0.2) is 5.79 Å². The molecule has 1 aromatic rings. The highest BCUT2D eigenvalue weighted by Gasteiger charge is 2.40. The van der Waals surface area contributed by atoms with Crippen LogP contribution in [0.5, 0.6) is 0 Å². The summed E-state index contributed by atoms with van der Waals surface area (Å²) < 4.78 is 16.8. The summed E-state index contributed by atoms with van der Waals surface area (Å²) in [5.41, 5.74) is 1.63. The third-order valence-electron chi connectivity index (χ3n) is 4.97. The summed E-state index contributed by atoms with van der Waals surface area (Å²) in [5.74, 6) is -0.421. The maximum atomic E-state index is 12.8. The van der Waals surface area contributed by atoms with Gasteiger partial charge in [0.05, 0.1) is 43.9 Å². The summed E-state index contributed by atoms with van der Waals surface area (Å²) in [7, 11) is 0. The number of hydrogen-bond donors (Lipinski definition) is 0. The minimum absolute atomic E-state index is 0.0328. The lowest BCUT2D eigenvalue weighted by Gasteiger charge is -2.37. The molecular weight excluding hydrogens is 310 g/mol. The Kier molecular flexibility index (Phi) is 4.39. The Morgan fingerprint density at radius 3 is 2.42 bits per heavy atom. The Morgan fingerprint density at radius 1 is 1.00 bits per heavy atom. The normalized spacial score (nSPS) is 23.7. The molecule has 0 aromatic carbocycles. The molecule has 0 N–H and O–H groups in total. The van der Waals surface area contributed by atoms with Crippen LogP contribution in [-0.4, -0.2) is 74.2 Å². The van der Waals surface area contributed by atoms with E-state index in [0.29, 0.717) is 45.1 Å². The van der Waals surface area contributed by atoms with E-state index in [9.17, 15) is 4.79 Å². The molecule has 7 nitrogen and oxygen atoms in total. The number of nitrogens with zero attached hydrogens (tertiary/aromatic N) is 3. The van der Waals surface area contributed by atoms with Crippen LogP contribution in [0, 0.1) is 0 Å². The van der Waals surface area contributed by atoms with Gasteiger partial charge < -0.3 is 24.0 Å². The van der Waals surface area contributed by atoms with Crippen molar-refractivity contribution >= 4 is 11.6 Å². The second kappa shape index (κ2) is 6.66. The first kappa shape index (κ1) is 15.8. The Balaban J connectivity index is 1.43. The summed E-state index contributed by atoms with van der Waals surface area (Å²) in [6.07, 6.45) is 4.93. The fraction of sp³-hybridized carbons (Fsp3) is 0.647. The predicted molar refractivity (Wildman–Crippen MR) is 87.0 cm³/mol. The number of rotatable bonds is 2. The highest BCUT2D eigenvalue weighted by molar-refractivity contribution is 5.94. The molecule has 0 atom stereocenters. The van der Waals surface area contributed by atoms with Crippen LogP contribution >= 0.6 is 0 Å². The molecule has 1 aromatic heterocycles. The van der Waals surface area contributed by atoms with Gasteiger partial charge in [0.2, 0.25) is 0 Å². The lowest BCUT2D eigenvalue weighted by atomic mass is 10.0. The molecule has 7 heteroatoms. The van der Waals surface area contributed by atoms with Crippen LogP contribution in [0.4, 0.5) is 5.69 Å². The van der Waals surface area contributed by atoms with Gasteiger partial charge in [-0.15, -0.1) is 0 Å². The molecule has 0 aliphatic carbocycles. The number of pyridine rings is 1. The molecule has 4 rings (SSSR count). The molecule has 0 unspecified atom stereocenters. The number of anilines is 1. The van der Waals surface area contributed by atoms with Crippen LogP contribution in [-0.2, 0) is 14.2 Å². The molecule has 1 amide bonds. The van der Waals surface area contributed by atoms with Gasteiger partial charge in [-0.3, -0.25) is 9.78 Å². The molecule has 4 heterocycles. The number of carbonyl (C=O) groups excluding carboxylic acids is 1. The molecule has 3 saturated heterocycles. The number of aromatic nitrogens is 1. The Hall–Kier alpha value is -1.70. The van der Waals surface area contributed by atoms with Crippen molar-refractivity contribution in [2.45, 2.75) is 18.6 Å². The number of ether oxygens (including phenoxy) is 3. The van der Waals surface area contributed by atoms with E-state index < -0.39 is 5.79 Å². The van der Waals surface area contributed by atoms with Gasteiger partial charge in [-0.2, -0.15) is 0 Å². The first-order valence-electron chi connectivity index (χ1n) is 8.61. The van der Waals surface area contributed by atoms with Crippen molar-refractivity contribution in [3.8, 4) is 0 Å². The van der Waals surface area contributed by atoms with E-state index in [-0.39, 0.29) is 5.91 Å². The van der Waals surface area contributed by atoms with E-state index in [0.717, 1.165) is 31.6 Å². The minimum atomic E-state index is -0.454. The van der Waals surface area contributed by atoms with Gasteiger partial charge in [-0.1, -0.05) is 0 Å². The zero-order valence-corrected chi connectivity index (χ0v) is 13.8. The Labute approximate surface area is 141 Å². The molecule has 3 fully saturated rings. The second-order valence-electron chi connectivity index (χ2n) is 6.43. The van der Waals surface area contributed by atoms with Gasteiger partial charge in [0.25, 0.3) is 5.91 Å². The van der Waals surface area contributed by atoms with E-state index in [1.54, 1.807) is 6.20 Å². The summed E-state index contributed by atoms with van der Waals surface area (Å²) >= 11 is 0. The van der Waals surface area contributed by atoms with Gasteiger partial charge in [-0.25, -0.2) is 0 Å². The largest absolute Gasteiger partial charge is 0.378 e. The smallest absolute Gasteiger partial charge is 0.255 e. The van der Waals surface area contributed by atoms with E-state index in [1.165, 1.54) is 0 Å². The van der Waals surface area contributed by atoms with E-state index in [4.69, 9.17) is 14.2 Å². The fourth-order valence-corrected chi connectivity index (χ4v) is 3.56. The van der Waals surface area contributed by atoms with Gasteiger partial charge in [0.1, 0.15) is 0 Å². The molecule has 130 valence electrons. The van der Waals surface area contributed by atoms with Crippen molar-refractivity contribution < 1.29 is 19.0 Å². The minimum Gasteiger partial charge on any atom is -0.378 e. The standard InChI is InChI=1S/C17H23N3O4/c21-16(20-3-1-17(2-4-20)23-9-10-24-17)14-11-15(13-18-12-14)19-5-7-22-8-6-19/h11-13H,1-10H2. The first-order valence-corrected chi connectivity index (χ1v) is 8.61. The van der Waals surface area contributed by atoms with Crippen molar-refractivity contribution in [1.82, 2.24) is 9.88 Å². The van der Waals surface area contributed by atoms with E-state index in [2.05, 4.69) is 9.88 Å². The van der Waals surface area contributed by atoms with Crippen molar-refractivity contribution in [3.63, 3.8) is 0 Å². The highest BCUT2D eigenvalue weighted by atomic mass is 16.7. The summed E-state index contributed by atoms with van der Waals surface area (Å²) in [5, 5.41) is 0. The maximum absolute atomic E-state index is 12.8. The van der Waals surface area contributed by atoms with Gasteiger partial charge >= 0.3 is 0 Å². The average Bonchev–Trinajstić information content (AvgIpc) is 3.11. The topological polar surface area (TPSA) is 64.1 Å². The first-order chi connectivity index (χ1) is 11.8. The molecule has 3 aliphatic rings. The molecule has 1 spiro atoms. The van der Waals surface area contributed by atoms with Crippen molar-refractivity contribution in [1.29, 1.82) is 0 Å². The predicted octanol–water partition coefficient (Wildman–Crippen LogP) is 0.897. The van der Waals surface area contributed by atoms with Gasteiger partial charge in [-0.05, 0) is 6.07 Å². The van der Waals surface area contributed by atoms with Crippen molar-refractivity contribution in [3.05, 3.63) is 24.0 Å². The van der Waals surface area contributed by atoms with Crippen LogP contribution in [0.2, 0.25) is 0 Å². The molecule has 24 heavy (non-hydrogen) atoms. The highest BCUT2D eigenvalue weighted by Crippen LogP contribution is 2.31. The lowest BCUT2D eigenvalue weighted by molar-refractivity contribution is -0.181. The number of hydrogen-bond acceptors (Lipinski definition) is 6. The Morgan fingerprint density at radius 2 is 1.71 bits per heavy atom. The van der Waals surface area contributed by atoms with Gasteiger partial charge in [0, 0.05) is 45.2 Å². The average molecular weight is 333 g/mol. The number of morpholine rings is 1. The summed E-state index contributed by atoms with van der Waals surface area (Å²) in [6, 6.07) is 1.94. The van der Waals surface area contributed by atoms with E-state index >= 15 is 0 Å². The molecular formula is C17H23N3O4. The number of carbonyl (C=O) groups is 1. The number of likely N-dealkylation sites (tertiary alicyclic amines) is 1. The Bertz CT molecular complexity index is 587. The number of amides is 1. The van der Waals surface area contributed by atoms with Crippen LogP contribution in [0.3, 0.4) is 0 Å².